The van der Waals surface area contributed by atoms with Gasteiger partial charge in [-0.25, -0.2) is 0 Å². The molecule has 7 heteroatoms. The summed E-state index contributed by atoms with van der Waals surface area (Å²) in [7, 11) is 0. The molecule has 1 atom stereocenters. The molecule has 2 aromatic heterocycles. The number of hydrogen-bond acceptors (Lipinski definition) is 7. The molecule has 1 saturated heterocycles. The number of β-amino-alcohol motifs (C(OH)–C–C–N with tert-alkyl or cyclic N) is 1. The van der Waals surface area contributed by atoms with Crippen LogP contribution in [0.25, 0.3) is 10.9 Å². The fourth-order valence-electron chi connectivity index (χ4n) is 3.55. The number of rotatable bonds is 4. The maximum Gasteiger partial charge on any atom is 0.158 e. The molecule has 0 bridgehead atoms. The standard InChI is InChI=1S/C21H22N6O/c1-13(16-6-4-5-15(7-16)9-22)24-20-18-8-17(27-11-21(3,28)12-27)10-23-19(18)14(2)25-26-20/h4-8,10,13,28H,11-12H2,1-3H3,(H,24,26). The Morgan fingerprint density at radius 2 is 2.07 bits per heavy atom. The van der Waals surface area contributed by atoms with E-state index in [1.54, 1.807) is 6.07 Å². The molecule has 1 aromatic carbocycles. The zero-order valence-corrected chi connectivity index (χ0v) is 16.1. The summed E-state index contributed by atoms with van der Waals surface area (Å²) in [6.07, 6.45) is 1.82. The van der Waals surface area contributed by atoms with E-state index in [0.29, 0.717) is 24.5 Å². The predicted molar refractivity (Wildman–Crippen MR) is 108 cm³/mol. The van der Waals surface area contributed by atoms with E-state index in [9.17, 15) is 5.11 Å². The number of benzene rings is 1. The van der Waals surface area contributed by atoms with Crippen molar-refractivity contribution in [3.05, 3.63) is 53.3 Å². The fraction of sp³-hybridized carbons (Fsp3) is 0.333. The first-order chi connectivity index (χ1) is 13.4. The summed E-state index contributed by atoms with van der Waals surface area (Å²) in [5.41, 5.74) is 3.49. The second-order valence-corrected chi connectivity index (χ2v) is 7.68. The Morgan fingerprint density at radius 3 is 2.79 bits per heavy atom. The van der Waals surface area contributed by atoms with E-state index in [4.69, 9.17) is 5.26 Å². The van der Waals surface area contributed by atoms with Crippen LogP contribution in [0.1, 0.15) is 36.7 Å². The lowest BCUT2D eigenvalue weighted by atomic mass is 9.96. The molecule has 1 aliphatic heterocycles. The van der Waals surface area contributed by atoms with Crippen molar-refractivity contribution < 1.29 is 5.11 Å². The number of fused-ring (bicyclic) bond motifs is 1. The SMILES string of the molecule is Cc1nnc(NC(C)c2cccc(C#N)c2)c2cc(N3CC(C)(O)C3)cnc12. The number of anilines is 2. The minimum Gasteiger partial charge on any atom is -0.386 e. The molecular formula is C21H22N6O. The van der Waals surface area contributed by atoms with E-state index in [-0.39, 0.29) is 6.04 Å². The summed E-state index contributed by atoms with van der Waals surface area (Å²) in [5.74, 6) is 0.650. The highest BCUT2D eigenvalue weighted by molar-refractivity contribution is 5.92. The van der Waals surface area contributed by atoms with Crippen LogP contribution in [-0.4, -0.2) is 39.0 Å². The number of nitrogens with one attached hydrogen (secondary N) is 1. The molecule has 0 amide bonds. The molecule has 0 saturated carbocycles. The van der Waals surface area contributed by atoms with Crippen LogP contribution in [0, 0.1) is 18.3 Å². The second-order valence-electron chi connectivity index (χ2n) is 7.68. The van der Waals surface area contributed by atoms with E-state index < -0.39 is 5.60 Å². The van der Waals surface area contributed by atoms with Crippen LogP contribution in [0.2, 0.25) is 0 Å². The third-order valence-electron chi connectivity index (χ3n) is 5.07. The molecule has 1 fully saturated rings. The Kier molecular flexibility index (Phi) is 4.36. The van der Waals surface area contributed by atoms with Crippen LogP contribution in [0.5, 0.6) is 0 Å². The van der Waals surface area contributed by atoms with Gasteiger partial charge in [0.25, 0.3) is 0 Å². The second kappa shape index (κ2) is 6.73. The zero-order valence-electron chi connectivity index (χ0n) is 16.1. The van der Waals surface area contributed by atoms with E-state index in [1.165, 1.54) is 0 Å². The number of nitrogens with zero attached hydrogens (tertiary/aromatic N) is 5. The average Bonchev–Trinajstić information content (AvgIpc) is 2.68. The van der Waals surface area contributed by atoms with Gasteiger partial charge in [0.15, 0.2) is 5.82 Å². The topological polar surface area (TPSA) is 98.0 Å². The summed E-state index contributed by atoms with van der Waals surface area (Å²) in [6.45, 7) is 6.90. The number of pyridine rings is 1. The smallest absolute Gasteiger partial charge is 0.158 e. The molecule has 0 radical (unpaired) electrons. The molecule has 28 heavy (non-hydrogen) atoms. The lowest BCUT2D eigenvalue weighted by Gasteiger charge is -2.45. The van der Waals surface area contributed by atoms with Crippen molar-refractivity contribution in [2.24, 2.45) is 0 Å². The first-order valence-corrected chi connectivity index (χ1v) is 9.23. The number of aliphatic hydroxyl groups is 1. The number of nitriles is 1. The van der Waals surface area contributed by atoms with Gasteiger partial charge in [-0.05, 0) is 44.5 Å². The van der Waals surface area contributed by atoms with Crippen molar-refractivity contribution in [1.29, 1.82) is 5.26 Å². The van der Waals surface area contributed by atoms with Gasteiger partial charge >= 0.3 is 0 Å². The maximum atomic E-state index is 10.0. The Labute approximate surface area is 163 Å². The maximum absolute atomic E-state index is 10.0. The highest BCUT2D eigenvalue weighted by Gasteiger charge is 2.36. The van der Waals surface area contributed by atoms with Crippen molar-refractivity contribution in [1.82, 2.24) is 15.2 Å². The molecule has 142 valence electrons. The Hall–Kier alpha value is -3.24. The fourth-order valence-corrected chi connectivity index (χ4v) is 3.55. The van der Waals surface area contributed by atoms with Crippen molar-refractivity contribution in [2.45, 2.75) is 32.4 Å². The Bertz CT molecular complexity index is 1080. The van der Waals surface area contributed by atoms with E-state index in [2.05, 4.69) is 31.5 Å². The van der Waals surface area contributed by atoms with E-state index in [0.717, 1.165) is 27.8 Å². The van der Waals surface area contributed by atoms with Gasteiger partial charge in [0.2, 0.25) is 0 Å². The molecule has 1 aliphatic rings. The minimum atomic E-state index is -0.650. The van der Waals surface area contributed by atoms with Gasteiger partial charge in [-0.1, -0.05) is 12.1 Å². The zero-order chi connectivity index (χ0) is 19.9. The van der Waals surface area contributed by atoms with Gasteiger partial charge in [0.1, 0.15) is 0 Å². The molecule has 1 unspecified atom stereocenters. The molecular weight excluding hydrogens is 352 g/mol. The quantitative estimate of drug-likeness (QED) is 0.724. The predicted octanol–water partition coefficient (Wildman–Crippen LogP) is 2.95. The van der Waals surface area contributed by atoms with Gasteiger partial charge in [-0.2, -0.15) is 10.4 Å². The van der Waals surface area contributed by atoms with E-state index >= 15 is 0 Å². The van der Waals surface area contributed by atoms with E-state index in [1.807, 2.05) is 51.2 Å². The summed E-state index contributed by atoms with van der Waals surface area (Å²) in [5, 5.41) is 32.0. The Balaban J connectivity index is 1.68. The summed E-state index contributed by atoms with van der Waals surface area (Å²) >= 11 is 0. The lowest BCUT2D eigenvalue weighted by Crippen LogP contribution is -2.60. The third-order valence-corrected chi connectivity index (χ3v) is 5.07. The van der Waals surface area contributed by atoms with Gasteiger partial charge in [-0.15, -0.1) is 5.10 Å². The van der Waals surface area contributed by atoms with Crippen molar-refractivity contribution in [2.75, 3.05) is 23.3 Å². The highest BCUT2D eigenvalue weighted by atomic mass is 16.3. The van der Waals surface area contributed by atoms with Crippen LogP contribution in [-0.2, 0) is 0 Å². The molecule has 2 N–H and O–H groups in total. The van der Waals surface area contributed by atoms with Crippen molar-refractivity contribution >= 4 is 22.4 Å². The molecule has 3 heterocycles. The van der Waals surface area contributed by atoms with Gasteiger partial charge < -0.3 is 15.3 Å². The van der Waals surface area contributed by atoms with Crippen LogP contribution in [0.3, 0.4) is 0 Å². The monoisotopic (exact) mass is 374 g/mol. The van der Waals surface area contributed by atoms with Gasteiger partial charge in [0.05, 0.1) is 46.4 Å². The van der Waals surface area contributed by atoms with Crippen LogP contribution in [0.4, 0.5) is 11.5 Å². The number of aryl methyl sites for hydroxylation is 1. The van der Waals surface area contributed by atoms with Gasteiger partial charge in [-0.3, -0.25) is 4.98 Å². The average molecular weight is 374 g/mol. The normalized spacial score (nSPS) is 16.3. The third kappa shape index (κ3) is 3.35. The van der Waals surface area contributed by atoms with Crippen LogP contribution >= 0.6 is 0 Å². The van der Waals surface area contributed by atoms with Crippen molar-refractivity contribution in [3.63, 3.8) is 0 Å². The molecule has 3 aromatic rings. The largest absolute Gasteiger partial charge is 0.386 e. The molecule has 0 spiro atoms. The Morgan fingerprint density at radius 1 is 1.29 bits per heavy atom. The summed E-state index contributed by atoms with van der Waals surface area (Å²) in [4.78, 5) is 6.68. The number of hydrogen-bond donors (Lipinski definition) is 2. The van der Waals surface area contributed by atoms with Crippen LogP contribution < -0.4 is 10.2 Å². The van der Waals surface area contributed by atoms with Gasteiger partial charge in [0, 0.05) is 18.5 Å². The molecule has 7 nitrogen and oxygen atoms in total. The minimum absolute atomic E-state index is 0.0538. The van der Waals surface area contributed by atoms with Crippen molar-refractivity contribution in [3.8, 4) is 6.07 Å². The lowest BCUT2D eigenvalue weighted by molar-refractivity contribution is 0.0310. The highest BCUT2D eigenvalue weighted by Crippen LogP contribution is 2.32. The summed E-state index contributed by atoms with van der Waals surface area (Å²) in [6, 6.07) is 11.7. The first kappa shape index (κ1) is 18.1. The number of aromatic nitrogens is 3. The summed E-state index contributed by atoms with van der Waals surface area (Å²) < 4.78 is 0. The molecule has 0 aliphatic carbocycles. The van der Waals surface area contributed by atoms with Crippen LogP contribution in [0.15, 0.2) is 36.5 Å². The molecule has 4 rings (SSSR count). The first-order valence-electron chi connectivity index (χ1n) is 9.23.